The number of ether oxygens (including phenoxy) is 2. The summed E-state index contributed by atoms with van der Waals surface area (Å²) in [7, 11) is 3.30. The van der Waals surface area contributed by atoms with Crippen molar-refractivity contribution in [1.82, 2.24) is 9.80 Å². The molecule has 0 saturated carbocycles. The number of benzene rings is 2. The molecule has 0 atom stereocenters. The first-order valence-corrected chi connectivity index (χ1v) is 11.1. The number of amides is 1. The van der Waals surface area contributed by atoms with Gasteiger partial charge >= 0.3 is 0 Å². The van der Waals surface area contributed by atoms with E-state index in [-0.39, 0.29) is 5.91 Å². The average molecular weight is 426 g/mol. The largest absolute Gasteiger partial charge is 0.493 e. The highest BCUT2D eigenvalue weighted by Gasteiger charge is 2.22. The maximum absolute atomic E-state index is 13.0. The van der Waals surface area contributed by atoms with Crippen LogP contribution in [0.3, 0.4) is 0 Å². The molecule has 2 aromatic carbocycles. The molecule has 1 heterocycles. The zero-order chi connectivity index (χ0) is 22.4. The summed E-state index contributed by atoms with van der Waals surface area (Å²) in [5.74, 6) is 1.60. The number of hydrogen-bond acceptors (Lipinski definition) is 5. The third-order valence-electron chi connectivity index (χ3n) is 5.92. The lowest BCUT2D eigenvalue weighted by atomic mass is 10.1. The Morgan fingerprint density at radius 2 is 1.61 bits per heavy atom. The summed E-state index contributed by atoms with van der Waals surface area (Å²) >= 11 is 0. The third kappa shape index (κ3) is 5.50. The van der Waals surface area contributed by atoms with Crippen LogP contribution >= 0.6 is 0 Å². The first-order valence-electron chi connectivity index (χ1n) is 11.1. The second-order valence-electron chi connectivity index (χ2n) is 8.18. The Balaban J connectivity index is 1.56. The average Bonchev–Trinajstić information content (AvgIpc) is 2.79. The van der Waals surface area contributed by atoms with Crippen molar-refractivity contribution in [1.29, 1.82) is 0 Å². The van der Waals surface area contributed by atoms with Crippen molar-refractivity contribution in [2.24, 2.45) is 0 Å². The smallest absolute Gasteiger partial charge is 0.253 e. The molecule has 6 heteroatoms. The second-order valence-corrected chi connectivity index (χ2v) is 8.18. The van der Waals surface area contributed by atoms with Gasteiger partial charge in [0.25, 0.3) is 5.91 Å². The van der Waals surface area contributed by atoms with Gasteiger partial charge in [0.05, 0.1) is 14.2 Å². The van der Waals surface area contributed by atoms with Gasteiger partial charge in [-0.15, -0.1) is 0 Å². The molecule has 1 aliphatic rings. The van der Waals surface area contributed by atoms with Gasteiger partial charge in [-0.2, -0.15) is 0 Å². The molecule has 0 aromatic heterocycles. The van der Waals surface area contributed by atoms with E-state index in [9.17, 15) is 4.79 Å². The Kier molecular flexibility index (Phi) is 7.80. The van der Waals surface area contributed by atoms with E-state index in [1.54, 1.807) is 14.2 Å². The summed E-state index contributed by atoms with van der Waals surface area (Å²) in [6, 6.07) is 14.5. The number of hydrogen-bond donors (Lipinski definition) is 0. The quantitative estimate of drug-likeness (QED) is 0.642. The van der Waals surface area contributed by atoms with Crippen LogP contribution in [0.25, 0.3) is 0 Å². The molecule has 0 bridgehead atoms. The fourth-order valence-corrected chi connectivity index (χ4v) is 4.17. The van der Waals surface area contributed by atoms with Crippen molar-refractivity contribution >= 4 is 11.6 Å². The minimum Gasteiger partial charge on any atom is -0.493 e. The van der Waals surface area contributed by atoms with Crippen molar-refractivity contribution < 1.29 is 14.3 Å². The second kappa shape index (κ2) is 10.5. The zero-order valence-electron chi connectivity index (χ0n) is 19.4. The molecule has 1 fully saturated rings. The maximum atomic E-state index is 13.0. The topological polar surface area (TPSA) is 45.3 Å². The van der Waals surface area contributed by atoms with E-state index in [2.05, 4.69) is 48.8 Å². The van der Waals surface area contributed by atoms with Crippen molar-refractivity contribution in [2.75, 3.05) is 51.8 Å². The standard InChI is InChI=1S/C25H35N3O3/c1-6-28(19(2)3)22-10-8-21(9-11-22)25(29)27-15-13-26(14-16-27)18-20-7-12-23(30-4)24(17-20)31-5/h7-12,17,19H,6,13-16,18H2,1-5H3. The summed E-state index contributed by atoms with van der Waals surface area (Å²) in [5.41, 5.74) is 3.10. The summed E-state index contributed by atoms with van der Waals surface area (Å²) in [6.45, 7) is 11.5. The van der Waals surface area contributed by atoms with Gasteiger partial charge in [-0.05, 0) is 62.7 Å². The van der Waals surface area contributed by atoms with Gasteiger partial charge in [0.1, 0.15) is 0 Å². The molecule has 3 rings (SSSR count). The van der Waals surface area contributed by atoms with E-state index in [1.807, 2.05) is 29.2 Å². The molecule has 0 N–H and O–H groups in total. The van der Waals surface area contributed by atoms with Crippen LogP contribution in [0.2, 0.25) is 0 Å². The SMILES string of the molecule is CCN(c1ccc(C(=O)N2CCN(Cc3ccc(OC)c(OC)c3)CC2)cc1)C(C)C. The van der Waals surface area contributed by atoms with E-state index in [0.29, 0.717) is 6.04 Å². The Bertz CT molecular complexity index is 859. The molecule has 0 radical (unpaired) electrons. The van der Waals surface area contributed by atoms with Crippen LogP contribution in [-0.4, -0.2) is 68.7 Å². The summed E-state index contributed by atoms with van der Waals surface area (Å²) in [6.07, 6.45) is 0. The van der Waals surface area contributed by atoms with E-state index < -0.39 is 0 Å². The van der Waals surface area contributed by atoms with Crippen LogP contribution in [0, 0.1) is 0 Å². The molecule has 0 unspecified atom stereocenters. The number of piperazine rings is 1. The monoisotopic (exact) mass is 425 g/mol. The molecule has 0 aliphatic carbocycles. The highest BCUT2D eigenvalue weighted by molar-refractivity contribution is 5.94. The Morgan fingerprint density at radius 3 is 2.16 bits per heavy atom. The lowest BCUT2D eigenvalue weighted by Crippen LogP contribution is -2.48. The van der Waals surface area contributed by atoms with Gasteiger partial charge in [-0.3, -0.25) is 9.69 Å². The fraction of sp³-hybridized carbons (Fsp3) is 0.480. The maximum Gasteiger partial charge on any atom is 0.253 e. The molecule has 1 amide bonds. The number of rotatable bonds is 8. The van der Waals surface area contributed by atoms with E-state index in [0.717, 1.165) is 62.0 Å². The zero-order valence-corrected chi connectivity index (χ0v) is 19.4. The van der Waals surface area contributed by atoms with E-state index in [4.69, 9.17) is 9.47 Å². The molecule has 6 nitrogen and oxygen atoms in total. The molecule has 0 spiro atoms. The third-order valence-corrected chi connectivity index (χ3v) is 5.92. The molecule has 31 heavy (non-hydrogen) atoms. The summed E-state index contributed by atoms with van der Waals surface area (Å²) in [4.78, 5) is 19.6. The first-order chi connectivity index (χ1) is 15.0. The lowest BCUT2D eigenvalue weighted by Gasteiger charge is -2.35. The Morgan fingerprint density at radius 1 is 0.968 bits per heavy atom. The molecule has 1 aliphatic heterocycles. The van der Waals surface area contributed by atoms with Crippen LogP contribution in [0.1, 0.15) is 36.7 Å². The van der Waals surface area contributed by atoms with Gasteiger partial charge in [0, 0.05) is 56.6 Å². The van der Waals surface area contributed by atoms with Crippen LogP contribution in [0.15, 0.2) is 42.5 Å². The minimum absolute atomic E-state index is 0.116. The van der Waals surface area contributed by atoms with E-state index >= 15 is 0 Å². The Labute approximate surface area is 186 Å². The summed E-state index contributed by atoms with van der Waals surface area (Å²) in [5, 5.41) is 0. The minimum atomic E-state index is 0.116. The van der Waals surface area contributed by atoms with Crippen LogP contribution < -0.4 is 14.4 Å². The summed E-state index contributed by atoms with van der Waals surface area (Å²) < 4.78 is 10.7. The molecule has 2 aromatic rings. The van der Waals surface area contributed by atoms with Crippen molar-refractivity contribution in [3.63, 3.8) is 0 Å². The number of nitrogens with zero attached hydrogens (tertiary/aromatic N) is 3. The molecular formula is C25H35N3O3. The highest BCUT2D eigenvalue weighted by atomic mass is 16.5. The number of methoxy groups -OCH3 is 2. The lowest BCUT2D eigenvalue weighted by molar-refractivity contribution is 0.0628. The van der Waals surface area contributed by atoms with Gasteiger partial charge in [0.15, 0.2) is 11.5 Å². The molecular weight excluding hydrogens is 390 g/mol. The van der Waals surface area contributed by atoms with E-state index in [1.165, 1.54) is 5.56 Å². The normalized spacial score (nSPS) is 14.6. The van der Waals surface area contributed by atoms with Gasteiger partial charge < -0.3 is 19.3 Å². The van der Waals surface area contributed by atoms with Crippen molar-refractivity contribution in [3.05, 3.63) is 53.6 Å². The van der Waals surface area contributed by atoms with Crippen LogP contribution in [0.4, 0.5) is 5.69 Å². The number of carbonyl (C=O) groups excluding carboxylic acids is 1. The number of anilines is 1. The Hall–Kier alpha value is -2.73. The molecule has 168 valence electrons. The van der Waals surface area contributed by atoms with Crippen molar-refractivity contribution in [2.45, 2.75) is 33.4 Å². The van der Waals surface area contributed by atoms with Crippen LogP contribution in [0.5, 0.6) is 11.5 Å². The number of carbonyl (C=O) groups is 1. The molecule has 1 saturated heterocycles. The van der Waals surface area contributed by atoms with Crippen molar-refractivity contribution in [3.8, 4) is 11.5 Å². The first kappa shape index (κ1) is 22.9. The van der Waals surface area contributed by atoms with Crippen LogP contribution in [-0.2, 0) is 6.54 Å². The van der Waals surface area contributed by atoms with Gasteiger partial charge in [-0.25, -0.2) is 0 Å². The predicted molar refractivity (Wildman–Crippen MR) is 125 cm³/mol. The predicted octanol–water partition coefficient (Wildman–Crippen LogP) is 3.90. The fourth-order valence-electron chi connectivity index (χ4n) is 4.17. The highest BCUT2D eigenvalue weighted by Crippen LogP contribution is 2.28. The van der Waals surface area contributed by atoms with Gasteiger partial charge in [-0.1, -0.05) is 6.07 Å². The van der Waals surface area contributed by atoms with Gasteiger partial charge in [0.2, 0.25) is 0 Å².